The fourth-order valence-electron chi connectivity index (χ4n) is 2.49. The molecule has 0 bridgehead atoms. The Kier molecular flexibility index (Phi) is 1.86. The summed E-state index contributed by atoms with van der Waals surface area (Å²) in [5.74, 6) is 0. The van der Waals surface area contributed by atoms with Crippen LogP contribution in [0, 0.1) is 0 Å². The first-order valence-corrected chi connectivity index (χ1v) is 5.95. The summed E-state index contributed by atoms with van der Waals surface area (Å²) in [4.78, 5) is 9.04. The van der Waals surface area contributed by atoms with Crippen LogP contribution in [0.15, 0.2) is 60.9 Å². The van der Waals surface area contributed by atoms with E-state index in [0.717, 1.165) is 27.2 Å². The van der Waals surface area contributed by atoms with E-state index in [2.05, 4.69) is 46.4 Å². The summed E-state index contributed by atoms with van der Waals surface area (Å²) in [7, 11) is 0. The molecule has 2 aromatic carbocycles. The number of benzene rings is 2. The summed E-state index contributed by atoms with van der Waals surface area (Å²) in [5.41, 5.74) is 2.05. The van der Waals surface area contributed by atoms with Gasteiger partial charge in [-0.2, -0.15) is 0 Å². The SMILES string of the molecule is c1cnc2c(c1)ccc1ccc3cccnc3c12. The van der Waals surface area contributed by atoms with Crippen LogP contribution in [0.1, 0.15) is 0 Å². The lowest BCUT2D eigenvalue weighted by Crippen LogP contribution is -1.85. The maximum absolute atomic E-state index is 4.52. The Morgan fingerprint density at radius 1 is 0.556 bits per heavy atom. The minimum atomic E-state index is 1.03. The van der Waals surface area contributed by atoms with Crippen LogP contribution in [0.4, 0.5) is 0 Å². The van der Waals surface area contributed by atoms with Crippen LogP contribution < -0.4 is 0 Å². The molecule has 84 valence electrons. The molecule has 4 aromatic rings. The van der Waals surface area contributed by atoms with Crippen LogP contribution in [0.3, 0.4) is 0 Å². The minimum Gasteiger partial charge on any atom is -0.256 e. The smallest absolute Gasteiger partial charge is 0.0802 e. The van der Waals surface area contributed by atoms with Gasteiger partial charge in [0.1, 0.15) is 0 Å². The standard InChI is InChI=1S/C16H10N2/c1-3-12-7-5-11-6-8-13-4-2-10-18-16(13)14(11)15(12)17-9-1/h1-10H. The van der Waals surface area contributed by atoms with Crippen molar-refractivity contribution in [1.82, 2.24) is 9.97 Å². The van der Waals surface area contributed by atoms with E-state index in [-0.39, 0.29) is 0 Å². The van der Waals surface area contributed by atoms with Crippen LogP contribution >= 0.6 is 0 Å². The predicted octanol–water partition coefficient (Wildman–Crippen LogP) is 3.94. The summed E-state index contributed by atoms with van der Waals surface area (Å²) in [6, 6.07) is 16.6. The van der Waals surface area contributed by atoms with Crippen molar-refractivity contribution in [3.05, 3.63) is 60.9 Å². The van der Waals surface area contributed by atoms with Crippen molar-refractivity contribution in [2.75, 3.05) is 0 Å². The molecule has 0 amide bonds. The number of rotatable bonds is 0. The predicted molar refractivity (Wildman–Crippen MR) is 74.6 cm³/mol. The highest BCUT2D eigenvalue weighted by molar-refractivity contribution is 6.17. The second-order valence-electron chi connectivity index (χ2n) is 4.38. The number of fused-ring (bicyclic) bond motifs is 5. The molecule has 0 unspecified atom stereocenters. The van der Waals surface area contributed by atoms with Crippen molar-refractivity contribution in [2.24, 2.45) is 0 Å². The lowest BCUT2D eigenvalue weighted by molar-refractivity contribution is 1.41. The van der Waals surface area contributed by atoms with Crippen LogP contribution in [0.25, 0.3) is 32.6 Å². The van der Waals surface area contributed by atoms with E-state index in [1.807, 2.05) is 24.5 Å². The van der Waals surface area contributed by atoms with Crippen LogP contribution in [-0.2, 0) is 0 Å². The lowest BCUT2D eigenvalue weighted by atomic mass is 10.0. The molecule has 0 N–H and O–H groups in total. The average molecular weight is 230 g/mol. The quantitative estimate of drug-likeness (QED) is 0.428. The number of pyridine rings is 2. The first-order chi connectivity index (χ1) is 8.93. The average Bonchev–Trinajstić information content (AvgIpc) is 2.46. The maximum atomic E-state index is 4.52. The van der Waals surface area contributed by atoms with E-state index in [4.69, 9.17) is 0 Å². The molecule has 0 aliphatic heterocycles. The van der Waals surface area contributed by atoms with Crippen LogP contribution in [-0.4, -0.2) is 9.97 Å². The molecule has 0 aliphatic rings. The van der Waals surface area contributed by atoms with Gasteiger partial charge in [0.15, 0.2) is 0 Å². The molecule has 2 heterocycles. The third-order valence-electron chi connectivity index (χ3n) is 3.33. The highest BCUT2D eigenvalue weighted by Gasteiger charge is 2.06. The number of nitrogens with zero attached hydrogens (tertiary/aromatic N) is 2. The van der Waals surface area contributed by atoms with Crippen molar-refractivity contribution in [1.29, 1.82) is 0 Å². The van der Waals surface area contributed by atoms with Gasteiger partial charge in [-0.25, -0.2) is 0 Å². The summed E-state index contributed by atoms with van der Waals surface area (Å²) in [6.07, 6.45) is 3.67. The fraction of sp³-hybridized carbons (Fsp3) is 0. The number of hydrogen-bond acceptors (Lipinski definition) is 2. The highest BCUT2D eigenvalue weighted by Crippen LogP contribution is 2.29. The van der Waals surface area contributed by atoms with E-state index in [0.29, 0.717) is 0 Å². The molecule has 0 spiro atoms. The molecule has 0 atom stereocenters. The Morgan fingerprint density at radius 2 is 1.06 bits per heavy atom. The van der Waals surface area contributed by atoms with Gasteiger partial charge in [0.25, 0.3) is 0 Å². The van der Waals surface area contributed by atoms with Gasteiger partial charge in [-0.3, -0.25) is 9.97 Å². The Balaban J connectivity index is 2.38. The Hall–Kier alpha value is -2.48. The monoisotopic (exact) mass is 230 g/mol. The maximum Gasteiger partial charge on any atom is 0.0802 e. The summed E-state index contributed by atoms with van der Waals surface area (Å²) >= 11 is 0. The highest BCUT2D eigenvalue weighted by atomic mass is 14.7. The molecule has 2 heteroatoms. The summed E-state index contributed by atoms with van der Waals surface area (Å²) in [5, 5.41) is 4.64. The lowest BCUT2D eigenvalue weighted by Gasteiger charge is -2.05. The van der Waals surface area contributed by atoms with Crippen LogP contribution in [0.2, 0.25) is 0 Å². The van der Waals surface area contributed by atoms with E-state index >= 15 is 0 Å². The van der Waals surface area contributed by atoms with Gasteiger partial charge in [-0.05, 0) is 17.5 Å². The normalized spacial score (nSPS) is 11.3. The van der Waals surface area contributed by atoms with Gasteiger partial charge in [-0.1, -0.05) is 36.4 Å². The second-order valence-corrected chi connectivity index (χ2v) is 4.38. The minimum absolute atomic E-state index is 1.03. The Bertz CT molecular complexity index is 811. The number of hydrogen-bond donors (Lipinski definition) is 0. The molecule has 0 saturated carbocycles. The van der Waals surface area contributed by atoms with Crippen molar-refractivity contribution in [3.63, 3.8) is 0 Å². The molecule has 0 fully saturated rings. The van der Waals surface area contributed by atoms with Gasteiger partial charge in [0.05, 0.1) is 11.0 Å². The van der Waals surface area contributed by atoms with Gasteiger partial charge in [0, 0.05) is 28.6 Å². The topological polar surface area (TPSA) is 25.8 Å². The first-order valence-electron chi connectivity index (χ1n) is 5.95. The van der Waals surface area contributed by atoms with Gasteiger partial charge in [0.2, 0.25) is 0 Å². The molecular formula is C16H10N2. The molecule has 0 radical (unpaired) electrons. The molecule has 18 heavy (non-hydrogen) atoms. The van der Waals surface area contributed by atoms with E-state index in [1.54, 1.807) is 0 Å². The van der Waals surface area contributed by atoms with E-state index in [9.17, 15) is 0 Å². The largest absolute Gasteiger partial charge is 0.256 e. The Labute approximate surface area is 104 Å². The van der Waals surface area contributed by atoms with E-state index < -0.39 is 0 Å². The number of aromatic nitrogens is 2. The second kappa shape index (κ2) is 3.50. The van der Waals surface area contributed by atoms with E-state index in [1.165, 1.54) is 5.39 Å². The molecule has 0 saturated heterocycles. The van der Waals surface area contributed by atoms with Gasteiger partial charge < -0.3 is 0 Å². The van der Waals surface area contributed by atoms with Crippen molar-refractivity contribution in [3.8, 4) is 0 Å². The zero-order chi connectivity index (χ0) is 11.9. The van der Waals surface area contributed by atoms with Crippen molar-refractivity contribution in [2.45, 2.75) is 0 Å². The van der Waals surface area contributed by atoms with Crippen molar-refractivity contribution < 1.29 is 0 Å². The third kappa shape index (κ3) is 1.23. The third-order valence-corrected chi connectivity index (χ3v) is 3.33. The molecule has 2 nitrogen and oxygen atoms in total. The molecular weight excluding hydrogens is 220 g/mol. The van der Waals surface area contributed by atoms with Crippen LogP contribution in [0.5, 0.6) is 0 Å². The van der Waals surface area contributed by atoms with Crippen molar-refractivity contribution >= 4 is 32.6 Å². The Morgan fingerprint density at radius 3 is 1.61 bits per heavy atom. The molecule has 2 aromatic heterocycles. The summed E-state index contributed by atoms with van der Waals surface area (Å²) in [6.45, 7) is 0. The van der Waals surface area contributed by atoms with Gasteiger partial charge in [-0.15, -0.1) is 0 Å². The molecule has 0 aliphatic carbocycles. The zero-order valence-electron chi connectivity index (χ0n) is 9.67. The fourth-order valence-corrected chi connectivity index (χ4v) is 2.49. The summed E-state index contributed by atoms with van der Waals surface area (Å²) < 4.78 is 0. The zero-order valence-corrected chi connectivity index (χ0v) is 9.67. The first kappa shape index (κ1) is 9.54. The molecule has 4 rings (SSSR count). The van der Waals surface area contributed by atoms with Gasteiger partial charge >= 0.3 is 0 Å².